The number of ether oxygens (including phenoxy) is 2. The zero-order valence-corrected chi connectivity index (χ0v) is 14.4. The molecule has 3 rings (SSSR count). The zero-order chi connectivity index (χ0) is 18.5. The van der Waals surface area contributed by atoms with Gasteiger partial charge in [0.25, 0.3) is 0 Å². The molecule has 0 spiro atoms. The van der Waals surface area contributed by atoms with Crippen LogP contribution in [0.3, 0.4) is 0 Å². The second-order valence-corrected chi connectivity index (χ2v) is 5.56. The number of esters is 2. The molecule has 0 radical (unpaired) electrons. The highest BCUT2D eigenvalue weighted by atomic mass is 16.5. The molecule has 0 bridgehead atoms. The van der Waals surface area contributed by atoms with Crippen LogP contribution in [0.4, 0.5) is 0 Å². The molecule has 0 saturated heterocycles. The van der Waals surface area contributed by atoms with E-state index in [1.807, 2.05) is 42.5 Å². The average molecular weight is 344 g/mol. The van der Waals surface area contributed by atoms with Crippen LogP contribution in [-0.2, 0) is 9.47 Å². The predicted octanol–water partition coefficient (Wildman–Crippen LogP) is 3.76. The fraction of sp³-hybridized carbons (Fsp3) is 0.0909. The molecule has 26 heavy (non-hydrogen) atoms. The summed E-state index contributed by atoms with van der Waals surface area (Å²) >= 11 is 0. The van der Waals surface area contributed by atoms with Crippen LogP contribution in [0.25, 0.3) is 11.1 Å². The minimum atomic E-state index is -0.537. The molecular formula is C22H16O4. The number of rotatable bonds is 2. The Labute approximate surface area is 151 Å². The van der Waals surface area contributed by atoms with E-state index in [4.69, 9.17) is 9.47 Å². The van der Waals surface area contributed by atoms with Gasteiger partial charge in [-0.15, -0.1) is 0 Å². The monoisotopic (exact) mass is 344 g/mol. The van der Waals surface area contributed by atoms with E-state index in [9.17, 15) is 9.59 Å². The summed E-state index contributed by atoms with van der Waals surface area (Å²) < 4.78 is 9.48. The highest BCUT2D eigenvalue weighted by Crippen LogP contribution is 2.26. The van der Waals surface area contributed by atoms with Gasteiger partial charge in [-0.25, -0.2) is 9.59 Å². The van der Waals surface area contributed by atoms with Crippen LogP contribution in [0, 0.1) is 11.8 Å². The molecule has 4 nitrogen and oxygen atoms in total. The number of fused-ring (bicyclic) bond motifs is 1. The SMILES string of the molecule is COC(=O)c1cc(C#Cc2ccc3cccccc2-3)cc(C(=O)OC)c1. The van der Waals surface area contributed by atoms with E-state index in [-0.39, 0.29) is 11.1 Å². The molecule has 0 aliphatic heterocycles. The first-order chi connectivity index (χ1) is 12.6. The van der Waals surface area contributed by atoms with Gasteiger partial charge in [0.1, 0.15) is 0 Å². The molecule has 2 aliphatic carbocycles. The Kier molecular flexibility index (Phi) is 5.00. The lowest BCUT2D eigenvalue weighted by Gasteiger charge is -2.04. The number of benzene rings is 1. The molecule has 0 saturated carbocycles. The zero-order valence-electron chi connectivity index (χ0n) is 14.4. The summed E-state index contributed by atoms with van der Waals surface area (Å²) in [6, 6.07) is 18.5. The van der Waals surface area contributed by atoms with Crippen molar-refractivity contribution in [2.24, 2.45) is 0 Å². The highest BCUT2D eigenvalue weighted by molar-refractivity contribution is 5.96. The molecule has 4 heteroatoms. The third-order valence-electron chi connectivity index (χ3n) is 3.91. The van der Waals surface area contributed by atoms with Crippen LogP contribution in [0.5, 0.6) is 0 Å². The largest absolute Gasteiger partial charge is 0.465 e. The normalized spacial score (nSPS) is 9.92. The molecule has 128 valence electrons. The van der Waals surface area contributed by atoms with Crippen molar-refractivity contribution in [1.29, 1.82) is 0 Å². The van der Waals surface area contributed by atoms with E-state index in [2.05, 4.69) is 11.8 Å². The van der Waals surface area contributed by atoms with Gasteiger partial charge in [0.05, 0.1) is 25.3 Å². The Balaban J connectivity index is 2.04. The lowest BCUT2D eigenvalue weighted by Crippen LogP contribution is -2.07. The van der Waals surface area contributed by atoms with E-state index >= 15 is 0 Å². The van der Waals surface area contributed by atoms with Gasteiger partial charge in [-0.3, -0.25) is 0 Å². The van der Waals surface area contributed by atoms with Crippen LogP contribution >= 0.6 is 0 Å². The van der Waals surface area contributed by atoms with Crippen molar-refractivity contribution < 1.29 is 19.1 Å². The van der Waals surface area contributed by atoms with Gasteiger partial charge in [-0.05, 0) is 35.4 Å². The lowest BCUT2D eigenvalue weighted by molar-refractivity contribution is 0.0599. The molecule has 0 aromatic heterocycles. The second-order valence-electron chi connectivity index (χ2n) is 5.56. The van der Waals surface area contributed by atoms with Crippen molar-refractivity contribution in [3.63, 3.8) is 0 Å². The molecule has 1 aromatic carbocycles. The standard InChI is InChI=1S/C22H16O4/c1-25-21(23)18-12-15(13-19(14-18)22(24)26-2)8-9-17-11-10-16-6-4-3-5-7-20(16)17/h3-7,10-14H,1-2H3. The van der Waals surface area contributed by atoms with Crippen LogP contribution in [0.1, 0.15) is 31.8 Å². The van der Waals surface area contributed by atoms with E-state index in [1.54, 1.807) is 12.1 Å². The summed E-state index contributed by atoms with van der Waals surface area (Å²) in [5.41, 5.74) is 4.04. The maximum absolute atomic E-state index is 11.8. The van der Waals surface area contributed by atoms with Crippen LogP contribution in [0.15, 0.2) is 60.7 Å². The topological polar surface area (TPSA) is 52.6 Å². The van der Waals surface area contributed by atoms with Crippen molar-refractivity contribution in [1.82, 2.24) is 0 Å². The average Bonchev–Trinajstić information content (AvgIpc) is 2.90. The van der Waals surface area contributed by atoms with E-state index in [0.29, 0.717) is 5.56 Å². The Morgan fingerprint density at radius 2 is 1.42 bits per heavy atom. The molecule has 0 fully saturated rings. The maximum Gasteiger partial charge on any atom is 0.337 e. The van der Waals surface area contributed by atoms with Crippen LogP contribution in [-0.4, -0.2) is 26.2 Å². The Morgan fingerprint density at radius 3 is 2.08 bits per heavy atom. The number of hydrogen-bond donors (Lipinski definition) is 0. The Hall–Kier alpha value is -3.58. The number of hydrogen-bond acceptors (Lipinski definition) is 4. The van der Waals surface area contributed by atoms with Gasteiger partial charge in [0, 0.05) is 11.1 Å². The minimum Gasteiger partial charge on any atom is -0.465 e. The fourth-order valence-electron chi connectivity index (χ4n) is 2.63. The van der Waals surface area contributed by atoms with Gasteiger partial charge in [-0.2, -0.15) is 0 Å². The van der Waals surface area contributed by atoms with Crippen molar-refractivity contribution in [3.8, 4) is 23.0 Å². The first kappa shape index (κ1) is 17.2. The van der Waals surface area contributed by atoms with Crippen LogP contribution in [0.2, 0.25) is 0 Å². The van der Waals surface area contributed by atoms with Gasteiger partial charge in [-0.1, -0.05) is 48.2 Å². The number of methoxy groups -OCH3 is 2. The maximum atomic E-state index is 11.8. The molecular weight excluding hydrogens is 328 g/mol. The molecule has 0 N–H and O–H groups in total. The van der Waals surface area contributed by atoms with Gasteiger partial charge >= 0.3 is 11.9 Å². The Bertz CT molecular complexity index is 974. The summed E-state index contributed by atoms with van der Waals surface area (Å²) in [7, 11) is 2.57. The van der Waals surface area contributed by atoms with Crippen LogP contribution < -0.4 is 0 Å². The third-order valence-corrected chi connectivity index (χ3v) is 3.91. The summed E-state index contributed by atoms with van der Waals surface area (Å²) in [6.45, 7) is 0. The number of carbonyl (C=O) groups is 2. The summed E-state index contributed by atoms with van der Waals surface area (Å²) in [4.78, 5) is 23.7. The second kappa shape index (κ2) is 7.54. The number of carbonyl (C=O) groups excluding carboxylic acids is 2. The molecule has 0 amide bonds. The smallest absolute Gasteiger partial charge is 0.337 e. The van der Waals surface area contributed by atoms with Gasteiger partial charge in [0.2, 0.25) is 0 Å². The molecule has 0 heterocycles. The van der Waals surface area contributed by atoms with E-state index in [1.165, 1.54) is 20.3 Å². The summed E-state index contributed by atoms with van der Waals surface area (Å²) in [5, 5.41) is 0. The fourth-order valence-corrected chi connectivity index (χ4v) is 2.63. The first-order valence-corrected chi connectivity index (χ1v) is 7.94. The van der Waals surface area contributed by atoms with Gasteiger partial charge < -0.3 is 9.47 Å². The molecule has 0 unspecified atom stereocenters. The minimum absolute atomic E-state index is 0.249. The van der Waals surface area contributed by atoms with Crippen molar-refractivity contribution in [2.45, 2.75) is 0 Å². The third kappa shape index (κ3) is 3.57. The summed E-state index contributed by atoms with van der Waals surface area (Å²) in [5.74, 6) is 5.06. The molecule has 2 aliphatic rings. The van der Waals surface area contributed by atoms with Gasteiger partial charge in [0.15, 0.2) is 0 Å². The lowest BCUT2D eigenvalue weighted by atomic mass is 10.0. The first-order valence-electron chi connectivity index (χ1n) is 7.94. The highest BCUT2D eigenvalue weighted by Gasteiger charge is 2.13. The Morgan fingerprint density at radius 1 is 0.769 bits per heavy atom. The quantitative estimate of drug-likeness (QED) is 0.525. The molecule has 1 aromatic rings. The van der Waals surface area contributed by atoms with E-state index < -0.39 is 11.9 Å². The van der Waals surface area contributed by atoms with Crippen molar-refractivity contribution in [3.05, 3.63) is 82.9 Å². The molecule has 0 atom stereocenters. The van der Waals surface area contributed by atoms with Crippen molar-refractivity contribution in [2.75, 3.05) is 14.2 Å². The van der Waals surface area contributed by atoms with Crippen molar-refractivity contribution >= 4 is 11.9 Å². The summed E-state index contributed by atoms with van der Waals surface area (Å²) in [6.07, 6.45) is 0. The van der Waals surface area contributed by atoms with E-state index in [0.717, 1.165) is 16.7 Å². The predicted molar refractivity (Wildman–Crippen MR) is 98.2 cm³/mol.